The van der Waals surface area contributed by atoms with Crippen LogP contribution in [0.15, 0.2) is 11.6 Å². The molecule has 1 N–H and O–H groups in total. The van der Waals surface area contributed by atoms with Crippen LogP contribution in [0, 0.1) is 5.92 Å². The largest absolute Gasteiger partial charge is 0.309 e. The Labute approximate surface area is 81.2 Å². The summed E-state index contributed by atoms with van der Waals surface area (Å²) >= 11 is 5.64. The highest BCUT2D eigenvalue weighted by Gasteiger charge is 2.05. The number of halogens is 1. The molecule has 0 aromatic heterocycles. The molecule has 0 fully saturated rings. The Morgan fingerprint density at radius 1 is 1.50 bits per heavy atom. The zero-order valence-corrected chi connectivity index (χ0v) is 9.12. The Bertz CT molecular complexity index is 134. The average molecular weight is 190 g/mol. The van der Waals surface area contributed by atoms with Gasteiger partial charge in [-0.05, 0) is 19.3 Å². The van der Waals surface area contributed by atoms with Crippen LogP contribution in [-0.4, -0.2) is 12.6 Å². The third-order valence-corrected chi connectivity index (χ3v) is 2.23. The van der Waals surface area contributed by atoms with Gasteiger partial charge in [-0.3, -0.25) is 0 Å². The van der Waals surface area contributed by atoms with E-state index < -0.39 is 0 Å². The maximum absolute atomic E-state index is 5.64. The first kappa shape index (κ1) is 12.0. The van der Waals surface area contributed by atoms with Gasteiger partial charge in [0.2, 0.25) is 0 Å². The predicted molar refractivity (Wildman–Crippen MR) is 56.5 cm³/mol. The number of nitrogens with one attached hydrogen (secondary N) is 1. The van der Waals surface area contributed by atoms with Gasteiger partial charge in [0.1, 0.15) is 0 Å². The van der Waals surface area contributed by atoms with Gasteiger partial charge in [-0.2, -0.15) is 0 Å². The summed E-state index contributed by atoms with van der Waals surface area (Å²) in [4.78, 5) is 0. The minimum Gasteiger partial charge on any atom is -0.309 e. The van der Waals surface area contributed by atoms with E-state index in [4.69, 9.17) is 11.6 Å². The van der Waals surface area contributed by atoms with E-state index in [0.717, 1.165) is 12.5 Å². The van der Waals surface area contributed by atoms with E-state index in [1.165, 1.54) is 12.8 Å². The summed E-state index contributed by atoms with van der Waals surface area (Å²) in [6, 6.07) is 0.537. The summed E-state index contributed by atoms with van der Waals surface area (Å²) in [5, 5.41) is 4.00. The van der Waals surface area contributed by atoms with Crippen molar-refractivity contribution in [2.24, 2.45) is 5.92 Å². The van der Waals surface area contributed by atoms with Crippen LogP contribution in [-0.2, 0) is 0 Å². The highest BCUT2D eigenvalue weighted by atomic mass is 35.5. The molecule has 0 spiro atoms. The Kier molecular flexibility index (Phi) is 6.49. The molecule has 0 heterocycles. The van der Waals surface area contributed by atoms with Crippen molar-refractivity contribution >= 4 is 11.6 Å². The molecule has 0 aliphatic carbocycles. The van der Waals surface area contributed by atoms with Gasteiger partial charge in [0.05, 0.1) is 0 Å². The third kappa shape index (κ3) is 6.68. The van der Waals surface area contributed by atoms with Crippen molar-refractivity contribution in [3.05, 3.63) is 11.6 Å². The Balaban J connectivity index is 3.45. The van der Waals surface area contributed by atoms with Gasteiger partial charge in [0, 0.05) is 17.6 Å². The van der Waals surface area contributed by atoms with Crippen LogP contribution < -0.4 is 5.32 Å². The van der Waals surface area contributed by atoms with Gasteiger partial charge in [-0.15, -0.1) is 0 Å². The lowest BCUT2D eigenvalue weighted by Crippen LogP contribution is -2.28. The van der Waals surface area contributed by atoms with Crippen molar-refractivity contribution in [3.63, 3.8) is 0 Å². The number of rotatable bonds is 6. The van der Waals surface area contributed by atoms with E-state index >= 15 is 0 Å². The minimum absolute atomic E-state index is 0.537. The second-order valence-electron chi connectivity index (χ2n) is 3.55. The molecule has 12 heavy (non-hydrogen) atoms. The van der Waals surface area contributed by atoms with E-state index in [1.54, 1.807) is 0 Å². The molecule has 0 rings (SSSR count). The zero-order chi connectivity index (χ0) is 9.56. The SMILES string of the molecule is C=C(Cl)CNC(C)CC(C)CC. The Hall–Kier alpha value is -0.0100. The van der Waals surface area contributed by atoms with Crippen LogP contribution in [0.4, 0.5) is 0 Å². The van der Waals surface area contributed by atoms with Crippen molar-refractivity contribution in [2.75, 3.05) is 6.54 Å². The zero-order valence-electron chi connectivity index (χ0n) is 8.36. The lowest BCUT2D eigenvalue weighted by atomic mass is 10.0. The van der Waals surface area contributed by atoms with Crippen LogP contribution >= 0.6 is 11.6 Å². The molecule has 0 aliphatic heterocycles. The van der Waals surface area contributed by atoms with Gasteiger partial charge < -0.3 is 5.32 Å². The lowest BCUT2D eigenvalue weighted by Gasteiger charge is -2.16. The lowest BCUT2D eigenvalue weighted by molar-refractivity contribution is 0.423. The second-order valence-corrected chi connectivity index (χ2v) is 4.08. The highest BCUT2D eigenvalue weighted by Crippen LogP contribution is 2.09. The summed E-state index contributed by atoms with van der Waals surface area (Å²) in [6.45, 7) is 11.0. The fourth-order valence-electron chi connectivity index (χ4n) is 1.14. The fraction of sp³-hybridized carbons (Fsp3) is 0.800. The first-order chi connectivity index (χ1) is 5.56. The van der Waals surface area contributed by atoms with E-state index in [0.29, 0.717) is 11.1 Å². The summed E-state index contributed by atoms with van der Waals surface area (Å²) in [5.41, 5.74) is 0. The normalized spacial score (nSPS) is 15.7. The quantitative estimate of drug-likeness (QED) is 0.677. The van der Waals surface area contributed by atoms with Crippen LogP contribution in [0.2, 0.25) is 0 Å². The fourth-order valence-corrected chi connectivity index (χ4v) is 1.22. The third-order valence-electron chi connectivity index (χ3n) is 2.10. The van der Waals surface area contributed by atoms with Crippen molar-refractivity contribution in [1.29, 1.82) is 0 Å². The molecule has 0 saturated heterocycles. The molecule has 0 bridgehead atoms. The molecule has 2 unspecified atom stereocenters. The van der Waals surface area contributed by atoms with E-state index in [-0.39, 0.29) is 0 Å². The topological polar surface area (TPSA) is 12.0 Å². The van der Waals surface area contributed by atoms with Gasteiger partial charge >= 0.3 is 0 Å². The molecule has 0 amide bonds. The first-order valence-electron chi connectivity index (χ1n) is 4.62. The number of hydrogen-bond acceptors (Lipinski definition) is 1. The first-order valence-corrected chi connectivity index (χ1v) is 5.00. The van der Waals surface area contributed by atoms with Crippen molar-refractivity contribution in [1.82, 2.24) is 5.32 Å². The van der Waals surface area contributed by atoms with E-state index in [9.17, 15) is 0 Å². The highest BCUT2D eigenvalue weighted by molar-refractivity contribution is 6.29. The maximum atomic E-state index is 5.64. The summed E-state index contributed by atoms with van der Waals surface area (Å²) in [6.07, 6.45) is 2.45. The molecule has 2 atom stereocenters. The van der Waals surface area contributed by atoms with Crippen LogP contribution in [0.5, 0.6) is 0 Å². The Morgan fingerprint density at radius 2 is 2.08 bits per heavy atom. The molecule has 0 aromatic carbocycles. The molecule has 0 aliphatic rings. The maximum Gasteiger partial charge on any atom is 0.0309 e. The molecular weight excluding hydrogens is 170 g/mol. The van der Waals surface area contributed by atoms with Gasteiger partial charge in [-0.1, -0.05) is 38.4 Å². The summed E-state index contributed by atoms with van der Waals surface area (Å²) in [7, 11) is 0. The second kappa shape index (κ2) is 6.50. The van der Waals surface area contributed by atoms with Gasteiger partial charge in [0.15, 0.2) is 0 Å². The van der Waals surface area contributed by atoms with Crippen LogP contribution in [0.1, 0.15) is 33.6 Å². The van der Waals surface area contributed by atoms with Gasteiger partial charge in [-0.25, -0.2) is 0 Å². The predicted octanol–water partition coefficient (Wildman–Crippen LogP) is 3.15. The van der Waals surface area contributed by atoms with Crippen molar-refractivity contribution in [2.45, 2.75) is 39.7 Å². The molecular formula is C10H20ClN. The Morgan fingerprint density at radius 3 is 2.50 bits per heavy atom. The molecule has 72 valence electrons. The molecule has 1 nitrogen and oxygen atoms in total. The van der Waals surface area contributed by atoms with Crippen LogP contribution in [0.25, 0.3) is 0 Å². The smallest absolute Gasteiger partial charge is 0.0309 e. The summed E-state index contributed by atoms with van der Waals surface area (Å²) < 4.78 is 0. The van der Waals surface area contributed by atoms with Crippen LogP contribution in [0.3, 0.4) is 0 Å². The van der Waals surface area contributed by atoms with E-state index in [1.807, 2.05) is 0 Å². The standard InChI is InChI=1S/C10H20ClN/c1-5-8(2)6-10(4)12-7-9(3)11/h8,10,12H,3,5-7H2,1-2,4H3. The van der Waals surface area contributed by atoms with Crippen molar-refractivity contribution < 1.29 is 0 Å². The average Bonchev–Trinajstić information content (AvgIpc) is 2.00. The number of hydrogen-bond donors (Lipinski definition) is 1. The summed E-state index contributed by atoms with van der Waals surface area (Å²) in [5.74, 6) is 0.788. The van der Waals surface area contributed by atoms with Crippen molar-refractivity contribution in [3.8, 4) is 0 Å². The molecule has 0 aromatic rings. The molecule has 0 saturated carbocycles. The molecule has 2 heteroatoms. The molecule has 0 radical (unpaired) electrons. The van der Waals surface area contributed by atoms with Gasteiger partial charge in [0.25, 0.3) is 0 Å². The minimum atomic E-state index is 0.537. The monoisotopic (exact) mass is 189 g/mol. The van der Waals surface area contributed by atoms with E-state index in [2.05, 4.69) is 32.7 Å².